The van der Waals surface area contributed by atoms with Gasteiger partial charge >= 0.3 is 12.0 Å². The van der Waals surface area contributed by atoms with Gasteiger partial charge in [-0.1, -0.05) is 44.2 Å². The lowest BCUT2D eigenvalue weighted by Gasteiger charge is -2.13. The number of benzene rings is 1. The Hall–Kier alpha value is -2.37. The number of amides is 3. The maximum absolute atomic E-state index is 11.7. The molecule has 0 heterocycles. The van der Waals surface area contributed by atoms with Gasteiger partial charge in [-0.3, -0.25) is 14.9 Å². The SMILES string of the molecule is CC[C@@H](C)NC(=O)NC(=O)COC(=O)C[C@H](C)c1ccccc1. The molecule has 0 unspecified atom stereocenters. The Morgan fingerprint density at radius 3 is 2.39 bits per heavy atom. The van der Waals surface area contributed by atoms with E-state index in [4.69, 9.17) is 4.74 Å². The molecule has 1 aromatic rings. The van der Waals surface area contributed by atoms with Crippen molar-refractivity contribution in [2.75, 3.05) is 6.61 Å². The van der Waals surface area contributed by atoms with Crippen LogP contribution in [0, 0.1) is 0 Å². The van der Waals surface area contributed by atoms with Crippen LogP contribution in [0.2, 0.25) is 0 Å². The van der Waals surface area contributed by atoms with Crippen LogP contribution in [0.4, 0.5) is 4.79 Å². The fraction of sp³-hybridized carbons (Fsp3) is 0.471. The summed E-state index contributed by atoms with van der Waals surface area (Å²) >= 11 is 0. The first-order valence-electron chi connectivity index (χ1n) is 7.73. The quantitative estimate of drug-likeness (QED) is 0.755. The van der Waals surface area contributed by atoms with E-state index in [9.17, 15) is 14.4 Å². The van der Waals surface area contributed by atoms with Crippen molar-refractivity contribution in [2.45, 2.75) is 45.6 Å². The molecule has 0 aromatic heterocycles. The highest BCUT2D eigenvalue weighted by Crippen LogP contribution is 2.18. The third-order valence-corrected chi connectivity index (χ3v) is 3.45. The summed E-state index contributed by atoms with van der Waals surface area (Å²) in [5, 5.41) is 4.71. The normalized spacial score (nSPS) is 12.8. The number of rotatable bonds is 7. The van der Waals surface area contributed by atoms with E-state index in [1.807, 2.05) is 51.1 Å². The highest BCUT2D eigenvalue weighted by atomic mass is 16.5. The summed E-state index contributed by atoms with van der Waals surface area (Å²) in [6, 6.07) is 8.97. The highest BCUT2D eigenvalue weighted by Gasteiger charge is 2.15. The second kappa shape index (κ2) is 9.61. The average molecular weight is 320 g/mol. The molecule has 0 aliphatic carbocycles. The van der Waals surface area contributed by atoms with Crippen molar-refractivity contribution in [3.63, 3.8) is 0 Å². The number of urea groups is 1. The Bertz CT molecular complexity index is 531. The van der Waals surface area contributed by atoms with Gasteiger partial charge in [0.2, 0.25) is 0 Å². The molecule has 23 heavy (non-hydrogen) atoms. The van der Waals surface area contributed by atoms with Gasteiger partial charge in [-0.05, 0) is 24.8 Å². The fourth-order valence-electron chi connectivity index (χ4n) is 1.88. The largest absolute Gasteiger partial charge is 0.456 e. The van der Waals surface area contributed by atoms with Gasteiger partial charge in [0.25, 0.3) is 5.91 Å². The number of carbonyl (C=O) groups is 3. The second-order valence-electron chi connectivity index (χ2n) is 5.51. The van der Waals surface area contributed by atoms with Crippen LogP contribution in [0.1, 0.15) is 45.1 Å². The third kappa shape index (κ3) is 7.44. The summed E-state index contributed by atoms with van der Waals surface area (Å²) in [6.07, 6.45) is 0.935. The monoisotopic (exact) mass is 320 g/mol. The molecule has 0 spiro atoms. The van der Waals surface area contributed by atoms with Crippen molar-refractivity contribution >= 4 is 17.9 Å². The minimum absolute atomic E-state index is 0.000429. The van der Waals surface area contributed by atoms with Crippen LogP contribution in [0.5, 0.6) is 0 Å². The average Bonchev–Trinajstić information content (AvgIpc) is 2.53. The molecule has 0 radical (unpaired) electrons. The van der Waals surface area contributed by atoms with Gasteiger partial charge in [0.15, 0.2) is 6.61 Å². The first kappa shape index (κ1) is 18.7. The number of hydrogen-bond acceptors (Lipinski definition) is 4. The minimum Gasteiger partial charge on any atom is -0.456 e. The maximum atomic E-state index is 11.7. The van der Waals surface area contributed by atoms with Crippen molar-refractivity contribution in [1.29, 1.82) is 0 Å². The van der Waals surface area contributed by atoms with Crippen LogP contribution < -0.4 is 10.6 Å². The Balaban J connectivity index is 2.30. The summed E-state index contributed by atoms with van der Waals surface area (Å²) in [4.78, 5) is 34.7. The van der Waals surface area contributed by atoms with Gasteiger partial charge in [-0.15, -0.1) is 0 Å². The van der Waals surface area contributed by atoms with Gasteiger partial charge in [0.05, 0.1) is 6.42 Å². The zero-order valence-electron chi connectivity index (χ0n) is 13.8. The van der Waals surface area contributed by atoms with E-state index in [-0.39, 0.29) is 18.4 Å². The molecule has 2 atom stereocenters. The van der Waals surface area contributed by atoms with Gasteiger partial charge in [-0.2, -0.15) is 0 Å². The maximum Gasteiger partial charge on any atom is 0.321 e. The summed E-state index contributed by atoms with van der Waals surface area (Å²) in [5.41, 5.74) is 1.03. The molecule has 1 rings (SSSR count). The zero-order chi connectivity index (χ0) is 17.2. The van der Waals surface area contributed by atoms with E-state index in [0.29, 0.717) is 0 Å². The topological polar surface area (TPSA) is 84.5 Å². The predicted molar refractivity (Wildman–Crippen MR) is 86.9 cm³/mol. The molecule has 0 aliphatic heterocycles. The third-order valence-electron chi connectivity index (χ3n) is 3.45. The summed E-state index contributed by atoms with van der Waals surface area (Å²) < 4.78 is 4.90. The van der Waals surface area contributed by atoms with Crippen molar-refractivity contribution in [1.82, 2.24) is 10.6 Å². The molecule has 0 saturated heterocycles. The highest BCUT2D eigenvalue weighted by molar-refractivity contribution is 5.95. The molecular formula is C17H24N2O4. The molecule has 6 nitrogen and oxygen atoms in total. The van der Waals surface area contributed by atoms with E-state index < -0.39 is 24.5 Å². The molecule has 0 aliphatic rings. The lowest BCUT2D eigenvalue weighted by atomic mass is 9.98. The van der Waals surface area contributed by atoms with E-state index >= 15 is 0 Å². The van der Waals surface area contributed by atoms with E-state index in [2.05, 4.69) is 10.6 Å². The van der Waals surface area contributed by atoms with E-state index in [1.54, 1.807) is 0 Å². The smallest absolute Gasteiger partial charge is 0.321 e. The Kier molecular flexibility index (Phi) is 7.80. The van der Waals surface area contributed by atoms with Crippen molar-refractivity contribution in [3.05, 3.63) is 35.9 Å². The number of nitrogens with one attached hydrogen (secondary N) is 2. The molecule has 0 bridgehead atoms. The summed E-state index contributed by atoms with van der Waals surface area (Å²) in [6.45, 7) is 5.20. The lowest BCUT2D eigenvalue weighted by Crippen LogP contribution is -2.44. The first-order valence-corrected chi connectivity index (χ1v) is 7.73. The molecule has 3 amide bonds. The van der Waals surface area contributed by atoms with Crippen molar-refractivity contribution in [2.24, 2.45) is 0 Å². The number of carbonyl (C=O) groups excluding carboxylic acids is 3. The molecule has 0 fully saturated rings. The van der Waals surface area contributed by atoms with Gasteiger partial charge in [0, 0.05) is 6.04 Å². The number of ether oxygens (including phenoxy) is 1. The van der Waals surface area contributed by atoms with Crippen LogP contribution >= 0.6 is 0 Å². The Morgan fingerprint density at radius 1 is 1.13 bits per heavy atom. The second-order valence-corrected chi connectivity index (χ2v) is 5.51. The lowest BCUT2D eigenvalue weighted by molar-refractivity contribution is -0.148. The van der Waals surface area contributed by atoms with Crippen molar-refractivity contribution in [3.8, 4) is 0 Å². The zero-order valence-corrected chi connectivity index (χ0v) is 13.8. The fourth-order valence-corrected chi connectivity index (χ4v) is 1.88. The van der Waals surface area contributed by atoms with Crippen LogP contribution in [-0.2, 0) is 14.3 Å². The molecule has 1 aromatic carbocycles. The summed E-state index contributed by atoms with van der Waals surface area (Å²) in [5.74, 6) is -1.12. The molecule has 0 saturated carbocycles. The van der Waals surface area contributed by atoms with Gasteiger partial charge in [0.1, 0.15) is 0 Å². The van der Waals surface area contributed by atoms with Gasteiger partial charge in [-0.25, -0.2) is 4.79 Å². The van der Waals surface area contributed by atoms with Crippen molar-refractivity contribution < 1.29 is 19.1 Å². The van der Waals surface area contributed by atoms with E-state index in [1.165, 1.54) is 0 Å². The first-order chi connectivity index (χ1) is 10.9. The summed E-state index contributed by atoms with van der Waals surface area (Å²) in [7, 11) is 0. The standard InChI is InChI=1S/C17H24N2O4/c1-4-13(3)18-17(22)19-15(20)11-23-16(21)10-12(2)14-8-6-5-7-9-14/h5-9,12-13H,4,10-11H2,1-3H3,(H2,18,19,20,22)/t12-,13+/m0/s1. The number of esters is 1. The number of imide groups is 1. The van der Waals surface area contributed by atoms with Crippen LogP contribution in [0.25, 0.3) is 0 Å². The van der Waals surface area contributed by atoms with Crippen LogP contribution in [-0.4, -0.2) is 30.6 Å². The Morgan fingerprint density at radius 2 is 1.78 bits per heavy atom. The number of hydrogen-bond donors (Lipinski definition) is 2. The minimum atomic E-state index is -0.647. The van der Waals surface area contributed by atoms with E-state index in [0.717, 1.165) is 12.0 Å². The van der Waals surface area contributed by atoms with Gasteiger partial charge < -0.3 is 10.1 Å². The molecule has 2 N–H and O–H groups in total. The molecule has 126 valence electrons. The predicted octanol–water partition coefficient (Wildman–Crippen LogP) is 2.35. The molecule has 6 heteroatoms. The van der Waals surface area contributed by atoms with Crippen LogP contribution in [0.15, 0.2) is 30.3 Å². The van der Waals surface area contributed by atoms with Crippen LogP contribution in [0.3, 0.4) is 0 Å². The Labute approximate surface area is 136 Å². The molecular weight excluding hydrogens is 296 g/mol.